The Hall–Kier alpha value is -0.0800. The molecule has 0 aromatic rings. The molecule has 0 amide bonds. The number of hydrogen-bond acceptors (Lipinski definition) is 1. The van der Waals surface area contributed by atoms with Crippen LogP contribution in [0.25, 0.3) is 0 Å². The Morgan fingerprint density at radius 1 is 1.27 bits per heavy atom. The van der Waals surface area contributed by atoms with Crippen molar-refractivity contribution in [3.05, 3.63) is 0 Å². The highest BCUT2D eigenvalue weighted by Crippen LogP contribution is 1.94. The fourth-order valence-electron chi connectivity index (χ4n) is 1.40. The molecular formula is C9H20NO+. The van der Waals surface area contributed by atoms with Crippen molar-refractivity contribution in [1.82, 2.24) is 0 Å². The summed E-state index contributed by atoms with van der Waals surface area (Å²) in [6, 6.07) is 0. The lowest BCUT2D eigenvalue weighted by molar-refractivity contribution is -0.908. The second kappa shape index (κ2) is 4.73. The topological polar surface area (TPSA) is 13.7 Å². The van der Waals surface area contributed by atoms with Crippen molar-refractivity contribution >= 4 is 0 Å². The van der Waals surface area contributed by atoms with Gasteiger partial charge in [0, 0.05) is 0 Å². The van der Waals surface area contributed by atoms with E-state index in [0.717, 1.165) is 19.1 Å². The molecule has 0 saturated carbocycles. The third kappa shape index (κ3) is 3.73. The SMILES string of the molecule is CC(C)CC[NH+]1CCOCC1. The van der Waals surface area contributed by atoms with Crippen LogP contribution >= 0.6 is 0 Å². The maximum atomic E-state index is 5.29. The van der Waals surface area contributed by atoms with Gasteiger partial charge in [-0.05, 0) is 12.3 Å². The Morgan fingerprint density at radius 3 is 2.45 bits per heavy atom. The summed E-state index contributed by atoms with van der Waals surface area (Å²) in [5, 5.41) is 0. The van der Waals surface area contributed by atoms with E-state index in [1.54, 1.807) is 4.90 Å². The van der Waals surface area contributed by atoms with E-state index in [4.69, 9.17) is 4.74 Å². The molecule has 0 unspecified atom stereocenters. The van der Waals surface area contributed by atoms with E-state index in [1.807, 2.05) is 0 Å². The molecule has 1 N–H and O–H groups in total. The van der Waals surface area contributed by atoms with Crippen LogP contribution < -0.4 is 4.90 Å². The van der Waals surface area contributed by atoms with Gasteiger partial charge in [0.1, 0.15) is 13.1 Å². The van der Waals surface area contributed by atoms with Gasteiger partial charge >= 0.3 is 0 Å². The normalized spacial score (nSPS) is 21.0. The Balaban J connectivity index is 2.05. The monoisotopic (exact) mass is 158 g/mol. The number of nitrogens with one attached hydrogen (secondary N) is 1. The van der Waals surface area contributed by atoms with Crippen molar-refractivity contribution in [2.24, 2.45) is 5.92 Å². The van der Waals surface area contributed by atoms with Crippen molar-refractivity contribution in [3.8, 4) is 0 Å². The summed E-state index contributed by atoms with van der Waals surface area (Å²) in [7, 11) is 0. The van der Waals surface area contributed by atoms with Crippen LogP contribution in [0.5, 0.6) is 0 Å². The standard InChI is InChI=1S/C9H19NO/c1-9(2)3-4-10-5-7-11-8-6-10/h9H,3-8H2,1-2H3/p+1. The van der Waals surface area contributed by atoms with E-state index in [1.165, 1.54) is 26.1 Å². The largest absolute Gasteiger partial charge is 0.370 e. The van der Waals surface area contributed by atoms with Crippen LogP contribution in [0.1, 0.15) is 20.3 Å². The van der Waals surface area contributed by atoms with E-state index >= 15 is 0 Å². The molecule has 0 aromatic heterocycles. The number of hydrogen-bond donors (Lipinski definition) is 1. The predicted molar refractivity (Wildman–Crippen MR) is 45.8 cm³/mol. The average Bonchev–Trinajstić information content (AvgIpc) is 2.03. The minimum absolute atomic E-state index is 0.852. The third-order valence-electron chi connectivity index (χ3n) is 2.28. The van der Waals surface area contributed by atoms with Gasteiger partial charge in [-0.1, -0.05) is 13.8 Å². The first-order valence-electron chi connectivity index (χ1n) is 4.70. The van der Waals surface area contributed by atoms with Crippen LogP contribution in [0.3, 0.4) is 0 Å². The van der Waals surface area contributed by atoms with Crippen molar-refractivity contribution < 1.29 is 9.64 Å². The van der Waals surface area contributed by atoms with Crippen LogP contribution in [-0.2, 0) is 4.74 Å². The van der Waals surface area contributed by atoms with Gasteiger partial charge in [0.25, 0.3) is 0 Å². The summed E-state index contributed by atoms with van der Waals surface area (Å²) < 4.78 is 5.29. The third-order valence-corrected chi connectivity index (χ3v) is 2.28. The average molecular weight is 158 g/mol. The van der Waals surface area contributed by atoms with Crippen molar-refractivity contribution in [3.63, 3.8) is 0 Å². The lowest BCUT2D eigenvalue weighted by atomic mass is 10.1. The van der Waals surface area contributed by atoms with E-state index < -0.39 is 0 Å². The predicted octanol–water partition coefficient (Wildman–Crippen LogP) is -0.0524. The van der Waals surface area contributed by atoms with Crippen LogP contribution in [0.4, 0.5) is 0 Å². The summed E-state index contributed by atoms with van der Waals surface area (Å²) in [5.74, 6) is 0.852. The molecule has 1 heterocycles. The second-order valence-corrected chi connectivity index (χ2v) is 3.79. The molecule has 11 heavy (non-hydrogen) atoms. The highest BCUT2D eigenvalue weighted by molar-refractivity contribution is 4.44. The Kier molecular flexibility index (Phi) is 3.87. The van der Waals surface area contributed by atoms with Crippen molar-refractivity contribution in [2.45, 2.75) is 20.3 Å². The van der Waals surface area contributed by atoms with Gasteiger partial charge in [-0.25, -0.2) is 0 Å². The summed E-state index contributed by atoms with van der Waals surface area (Å²) in [6.07, 6.45) is 1.36. The Morgan fingerprint density at radius 2 is 1.91 bits per heavy atom. The molecule has 0 bridgehead atoms. The van der Waals surface area contributed by atoms with Gasteiger partial charge in [0.2, 0.25) is 0 Å². The maximum Gasteiger partial charge on any atom is 0.101 e. The fraction of sp³-hybridized carbons (Fsp3) is 1.00. The molecule has 0 radical (unpaired) electrons. The molecule has 2 nitrogen and oxygen atoms in total. The highest BCUT2D eigenvalue weighted by atomic mass is 16.5. The van der Waals surface area contributed by atoms with E-state index in [2.05, 4.69) is 13.8 Å². The number of ether oxygens (including phenoxy) is 1. The molecule has 66 valence electrons. The zero-order valence-corrected chi connectivity index (χ0v) is 7.73. The maximum absolute atomic E-state index is 5.29. The first-order valence-corrected chi connectivity index (χ1v) is 4.70. The van der Waals surface area contributed by atoms with E-state index in [9.17, 15) is 0 Å². The molecule has 1 rings (SSSR count). The molecule has 1 fully saturated rings. The molecule has 2 heteroatoms. The van der Waals surface area contributed by atoms with Crippen LogP contribution in [0.2, 0.25) is 0 Å². The molecule has 1 aliphatic heterocycles. The second-order valence-electron chi connectivity index (χ2n) is 3.79. The summed E-state index contributed by atoms with van der Waals surface area (Å²) >= 11 is 0. The molecular weight excluding hydrogens is 138 g/mol. The number of quaternary nitrogens is 1. The number of rotatable bonds is 3. The summed E-state index contributed by atoms with van der Waals surface area (Å²) in [4.78, 5) is 1.73. The smallest absolute Gasteiger partial charge is 0.101 e. The number of morpholine rings is 1. The van der Waals surface area contributed by atoms with Gasteiger partial charge in [-0.3, -0.25) is 0 Å². The van der Waals surface area contributed by atoms with E-state index in [-0.39, 0.29) is 0 Å². The highest BCUT2D eigenvalue weighted by Gasteiger charge is 2.13. The Bertz CT molecular complexity index is 97.7. The first-order chi connectivity index (χ1) is 5.29. The van der Waals surface area contributed by atoms with Gasteiger partial charge in [0.15, 0.2) is 0 Å². The minimum Gasteiger partial charge on any atom is -0.370 e. The first kappa shape index (κ1) is 9.01. The fourth-order valence-corrected chi connectivity index (χ4v) is 1.40. The zero-order valence-electron chi connectivity index (χ0n) is 7.73. The Labute approximate surface area is 69.5 Å². The molecule has 1 aliphatic rings. The van der Waals surface area contributed by atoms with Crippen molar-refractivity contribution in [1.29, 1.82) is 0 Å². The molecule has 0 spiro atoms. The summed E-state index contributed by atoms with van der Waals surface area (Å²) in [6.45, 7) is 10.3. The van der Waals surface area contributed by atoms with Crippen LogP contribution in [0.15, 0.2) is 0 Å². The van der Waals surface area contributed by atoms with Crippen LogP contribution in [-0.4, -0.2) is 32.8 Å². The molecule has 1 saturated heterocycles. The van der Waals surface area contributed by atoms with Gasteiger partial charge in [-0.15, -0.1) is 0 Å². The quantitative estimate of drug-likeness (QED) is 0.608. The lowest BCUT2D eigenvalue weighted by Crippen LogP contribution is -3.14. The molecule has 0 aromatic carbocycles. The van der Waals surface area contributed by atoms with Crippen molar-refractivity contribution in [2.75, 3.05) is 32.8 Å². The van der Waals surface area contributed by atoms with Crippen LogP contribution in [0, 0.1) is 5.92 Å². The lowest BCUT2D eigenvalue weighted by Gasteiger charge is -2.24. The van der Waals surface area contributed by atoms with Gasteiger partial charge < -0.3 is 9.64 Å². The van der Waals surface area contributed by atoms with Gasteiger partial charge in [-0.2, -0.15) is 0 Å². The molecule has 0 atom stereocenters. The molecule has 0 aliphatic carbocycles. The zero-order chi connectivity index (χ0) is 8.10. The van der Waals surface area contributed by atoms with Gasteiger partial charge in [0.05, 0.1) is 19.8 Å². The minimum atomic E-state index is 0.852. The summed E-state index contributed by atoms with van der Waals surface area (Å²) in [5.41, 5.74) is 0. The van der Waals surface area contributed by atoms with E-state index in [0.29, 0.717) is 0 Å².